The summed E-state index contributed by atoms with van der Waals surface area (Å²) in [6, 6.07) is 20.3. The molecule has 0 unspecified atom stereocenters. The highest BCUT2D eigenvalue weighted by Crippen LogP contribution is 2.23. The summed E-state index contributed by atoms with van der Waals surface area (Å²) >= 11 is 0. The Bertz CT molecular complexity index is 1080. The van der Waals surface area contributed by atoms with Gasteiger partial charge in [-0.25, -0.2) is 9.18 Å². The zero-order valence-corrected chi connectivity index (χ0v) is 16.8. The number of ether oxygens (including phenoxy) is 1. The Balaban J connectivity index is 1.79. The van der Waals surface area contributed by atoms with Gasteiger partial charge in [-0.2, -0.15) is 0 Å². The molecule has 0 aliphatic carbocycles. The second-order valence-corrected chi connectivity index (χ2v) is 6.92. The SMILES string of the molecule is Cc1ccc(C)c(NC(=O)[C@H](OC(=O)/C=C/c2cccc(F)c2)c2ccccc2)c1. The third-order valence-corrected chi connectivity index (χ3v) is 4.49. The first-order chi connectivity index (χ1) is 14.4. The van der Waals surface area contributed by atoms with Gasteiger partial charge in [-0.3, -0.25) is 4.79 Å². The van der Waals surface area contributed by atoms with Crippen LogP contribution in [0.25, 0.3) is 6.08 Å². The summed E-state index contributed by atoms with van der Waals surface area (Å²) < 4.78 is 18.8. The van der Waals surface area contributed by atoms with Crippen LogP contribution < -0.4 is 5.32 Å². The standard InChI is InChI=1S/C25H22FNO3/c1-17-11-12-18(2)22(15-17)27-25(29)24(20-8-4-3-5-9-20)30-23(28)14-13-19-7-6-10-21(26)16-19/h3-16,24H,1-2H3,(H,27,29)/b14-13+/t24-/m1/s1. The lowest BCUT2D eigenvalue weighted by Crippen LogP contribution is -2.25. The van der Waals surface area contributed by atoms with E-state index in [0.717, 1.165) is 11.1 Å². The van der Waals surface area contributed by atoms with Crippen molar-refractivity contribution in [2.45, 2.75) is 20.0 Å². The average Bonchev–Trinajstić information content (AvgIpc) is 2.74. The van der Waals surface area contributed by atoms with E-state index in [4.69, 9.17) is 4.74 Å². The maximum absolute atomic E-state index is 13.3. The van der Waals surface area contributed by atoms with Gasteiger partial charge < -0.3 is 10.1 Å². The fourth-order valence-electron chi connectivity index (χ4n) is 2.90. The maximum Gasteiger partial charge on any atom is 0.331 e. The van der Waals surface area contributed by atoms with Crippen molar-refractivity contribution in [3.8, 4) is 0 Å². The van der Waals surface area contributed by atoms with Gasteiger partial charge in [0.05, 0.1) is 0 Å². The van der Waals surface area contributed by atoms with Crippen LogP contribution in [0, 0.1) is 19.7 Å². The Morgan fingerprint density at radius 1 is 0.967 bits per heavy atom. The fraction of sp³-hybridized carbons (Fsp3) is 0.120. The molecule has 3 rings (SSSR count). The van der Waals surface area contributed by atoms with Gasteiger partial charge in [0.15, 0.2) is 0 Å². The van der Waals surface area contributed by atoms with Crippen molar-refractivity contribution in [3.05, 3.63) is 107 Å². The van der Waals surface area contributed by atoms with Crippen LogP contribution in [-0.2, 0) is 14.3 Å². The van der Waals surface area contributed by atoms with Gasteiger partial charge in [0, 0.05) is 17.3 Å². The molecular weight excluding hydrogens is 381 g/mol. The van der Waals surface area contributed by atoms with E-state index >= 15 is 0 Å². The highest BCUT2D eigenvalue weighted by Gasteiger charge is 2.24. The number of hydrogen-bond acceptors (Lipinski definition) is 3. The van der Waals surface area contributed by atoms with Crippen molar-refractivity contribution in [3.63, 3.8) is 0 Å². The van der Waals surface area contributed by atoms with Crippen LogP contribution in [0.2, 0.25) is 0 Å². The first kappa shape index (κ1) is 21.0. The van der Waals surface area contributed by atoms with Crippen molar-refractivity contribution in [2.75, 3.05) is 5.32 Å². The molecule has 30 heavy (non-hydrogen) atoms. The predicted molar refractivity (Wildman–Crippen MR) is 115 cm³/mol. The zero-order chi connectivity index (χ0) is 21.5. The highest BCUT2D eigenvalue weighted by molar-refractivity contribution is 5.98. The quantitative estimate of drug-likeness (QED) is 0.444. The molecule has 3 aromatic rings. The molecule has 0 saturated heterocycles. The second kappa shape index (κ2) is 9.65. The van der Waals surface area contributed by atoms with Gasteiger partial charge in [0.2, 0.25) is 6.10 Å². The van der Waals surface area contributed by atoms with E-state index in [1.165, 1.54) is 24.3 Å². The normalized spacial score (nSPS) is 11.8. The molecule has 0 bridgehead atoms. The van der Waals surface area contributed by atoms with Gasteiger partial charge in [-0.1, -0.05) is 54.6 Å². The van der Waals surface area contributed by atoms with Gasteiger partial charge in [0.1, 0.15) is 5.82 Å². The number of amides is 1. The molecule has 152 valence electrons. The highest BCUT2D eigenvalue weighted by atomic mass is 19.1. The second-order valence-electron chi connectivity index (χ2n) is 6.92. The number of anilines is 1. The summed E-state index contributed by atoms with van der Waals surface area (Å²) in [5.41, 5.74) is 3.63. The van der Waals surface area contributed by atoms with Gasteiger partial charge in [-0.15, -0.1) is 0 Å². The van der Waals surface area contributed by atoms with Crippen molar-refractivity contribution < 1.29 is 18.7 Å². The number of halogens is 1. The lowest BCUT2D eigenvalue weighted by Gasteiger charge is -2.18. The smallest absolute Gasteiger partial charge is 0.331 e. The molecule has 1 atom stereocenters. The molecule has 0 saturated carbocycles. The lowest BCUT2D eigenvalue weighted by atomic mass is 10.1. The summed E-state index contributed by atoms with van der Waals surface area (Å²) in [5, 5.41) is 2.85. The predicted octanol–water partition coefficient (Wildman–Crippen LogP) is 5.38. The van der Waals surface area contributed by atoms with Crippen molar-refractivity contribution >= 4 is 23.6 Å². The average molecular weight is 403 g/mol. The fourth-order valence-corrected chi connectivity index (χ4v) is 2.90. The molecule has 1 amide bonds. The summed E-state index contributed by atoms with van der Waals surface area (Å²) in [7, 11) is 0. The topological polar surface area (TPSA) is 55.4 Å². The number of nitrogens with one attached hydrogen (secondary N) is 1. The van der Waals surface area contributed by atoms with E-state index in [0.29, 0.717) is 16.8 Å². The van der Waals surface area contributed by atoms with Crippen LogP contribution in [0.5, 0.6) is 0 Å². The number of carbonyl (C=O) groups excluding carboxylic acids is 2. The molecular formula is C25H22FNO3. The van der Waals surface area contributed by atoms with Crippen LogP contribution in [0.15, 0.2) is 78.9 Å². The zero-order valence-electron chi connectivity index (χ0n) is 16.8. The molecule has 0 heterocycles. The van der Waals surface area contributed by atoms with Crippen LogP contribution >= 0.6 is 0 Å². The number of carbonyl (C=O) groups is 2. The molecule has 5 heteroatoms. The van der Waals surface area contributed by atoms with Crippen LogP contribution in [0.4, 0.5) is 10.1 Å². The van der Waals surface area contributed by atoms with E-state index in [-0.39, 0.29) is 0 Å². The first-order valence-corrected chi connectivity index (χ1v) is 9.50. The molecule has 0 spiro atoms. The van der Waals surface area contributed by atoms with E-state index < -0.39 is 23.8 Å². The number of benzene rings is 3. The van der Waals surface area contributed by atoms with Crippen molar-refractivity contribution in [1.29, 1.82) is 0 Å². The van der Waals surface area contributed by atoms with Crippen LogP contribution in [-0.4, -0.2) is 11.9 Å². The molecule has 0 aliphatic rings. The summed E-state index contributed by atoms with van der Waals surface area (Å²) in [6.07, 6.45) is 1.49. The lowest BCUT2D eigenvalue weighted by molar-refractivity contribution is -0.149. The van der Waals surface area contributed by atoms with E-state index in [9.17, 15) is 14.0 Å². The molecule has 0 fully saturated rings. The molecule has 0 radical (unpaired) electrons. The van der Waals surface area contributed by atoms with Crippen molar-refractivity contribution in [1.82, 2.24) is 0 Å². The Morgan fingerprint density at radius 2 is 1.73 bits per heavy atom. The van der Waals surface area contributed by atoms with Crippen LogP contribution in [0.1, 0.15) is 28.4 Å². The monoisotopic (exact) mass is 403 g/mol. The van der Waals surface area contributed by atoms with Gasteiger partial charge in [-0.05, 0) is 54.8 Å². The minimum Gasteiger partial charge on any atom is -0.444 e. The molecule has 0 aliphatic heterocycles. The number of hydrogen-bond donors (Lipinski definition) is 1. The molecule has 4 nitrogen and oxygen atoms in total. The Hall–Kier alpha value is -3.73. The number of rotatable bonds is 6. The van der Waals surface area contributed by atoms with Gasteiger partial charge >= 0.3 is 5.97 Å². The summed E-state index contributed by atoms with van der Waals surface area (Å²) in [4.78, 5) is 25.3. The third-order valence-electron chi connectivity index (χ3n) is 4.49. The molecule has 1 N–H and O–H groups in total. The number of esters is 1. The van der Waals surface area contributed by atoms with Gasteiger partial charge in [0.25, 0.3) is 5.91 Å². The number of aryl methyl sites for hydroxylation is 2. The minimum absolute atomic E-state index is 0.402. The third kappa shape index (κ3) is 5.64. The van der Waals surface area contributed by atoms with E-state index in [1.54, 1.807) is 36.4 Å². The van der Waals surface area contributed by atoms with E-state index in [2.05, 4.69) is 5.32 Å². The molecule has 3 aromatic carbocycles. The maximum atomic E-state index is 13.3. The largest absolute Gasteiger partial charge is 0.444 e. The Kier molecular flexibility index (Phi) is 6.75. The summed E-state index contributed by atoms with van der Waals surface area (Å²) in [5.74, 6) is -1.56. The Morgan fingerprint density at radius 3 is 2.47 bits per heavy atom. The Labute approximate surface area is 175 Å². The minimum atomic E-state index is -1.13. The summed E-state index contributed by atoms with van der Waals surface area (Å²) in [6.45, 7) is 3.82. The van der Waals surface area contributed by atoms with Crippen molar-refractivity contribution in [2.24, 2.45) is 0 Å². The van der Waals surface area contributed by atoms with Crippen LogP contribution in [0.3, 0.4) is 0 Å². The molecule has 0 aromatic heterocycles. The van der Waals surface area contributed by atoms with E-state index in [1.807, 2.05) is 38.1 Å². The first-order valence-electron chi connectivity index (χ1n) is 9.50.